The normalized spacial score (nSPS) is 14.4. The fourth-order valence-corrected chi connectivity index (χ4v) is 7.44. The molecule has 1 aliphatic carbocycles. The Balaban J connectivity index is 1.63. The Bertz CT molecular complexity index is 1880. The molecule has 0 spiro atoms. The van der Waals surface area contributed by atoms with Crippen LogP contribution in [0.4, 0.5) is 0 Å². The lowest BCUT2D eigenvalue weighted by Gasteiger charge is -2.35. The van der Waals surface area contributed by atoms with E-state index in [9.17, 15) is 0 Å². The summed E-state index contributed by atoms with van der Waals surface area (Å²) in [5.74, 6) is 0. The quantitative estimate of drug-likeness (QED) is 0.193. The van der Waals surface area contributed by atoms with Crippen molar-refractivity contribution >= 4 is 37.9 Å². The molecule has 0 fully saturated rings. The first kappa shape index (κ1) is 26.3. The van der Waals surface area contributed by atoms with Crippen LogP contribution in [0, 0.1) is 0 Å². The molecular weight excluding hydrogens is 564 g/mol. The Morgan fingerprint density at radius 3 is 1.73 bits per heavy atom. The fourth-order valence-electron chi connectivity index (χ4n) is 6.82. The molecule has 6 aromatic rings. The standard InChI is InChI=1S/C39H35BrO/c1-37(2,3)24-15-19-26(20-16-24)39(27-21-17-25(18-22-27)38(4,5)6)30-13-9-7-11-28(30)34-31(39)23-32(40)35-29-12-8-10-14-33(29)41-36(34)35/h7-23H,1-6H3. The molecular formula is C39H35BrO. The molecule has 0 saturated carbocycles. The highest BCUT2D eigenvalue weighted by molar-refractivity contribution is 9.10. The summed E-state index contributed by atoms with van der Waals surface area (Å²) in [7, 11) is 0. The second kappa shape index (κ2) is 8.94. The molecule has 0 radical (unpaired) electrons. The largest absolute Gasteiger partial charge is 0.455 e. The number of benzene rings is 5. The third-order valence-corrected chi connectivity index (χ3v) is 9.60. The third kappa shape index (κ3) is 3.80. The van der Waals surface area contributed by atoms with Crippen molar-refractivity contribution in [1.82, 2.24) is 0 Å². The minimum atomic E-state index is -0.492. The van der Waals surface area contributed by atoms with E-state index in [0.29, 0.717) is 0 Å². The monoisotopic (exact) mass is 598 g/mol. The van der Waals surface area contributed by atoms with Gasteiger partial charge in [-0.2, -0.15) is 0 Å². The molecule has 2 heteroatoms. The Morgan fingerprint density at radius 2 is 1.15 bits per heavy atom. The van der Waals surface area contributed by atoms with Crippen molar-refractivity contribution < 1.29 is 4.42 Å². The van der Waals surface area contributed by atoms with Crippen LogP contribution < -0.4 is 0 Å². The van der Waals surface area contributed by atoms with Crippen LogP contribution in [0.1, 0.15) is 74.9 Å². The van der Waals surface area contributed by atoms with Crippen molar-refractivity contribution in [3.63, 3.8) is 0 Å². The van der Waals surface area contributed by atoms with Crippen LogP contribution in [0.15, 0.2) is 112 Å². The Labute approximate surface area is 251 Å². The maximum Gasteiger partial charge on any atom is 0.144 e. The number of fused-ring (bicyclic) bond motifs is 7. The average molecular weight is 600 g/mol. The highest BCUT2D eigenvalue weighted by Gasteiger charge is 2.48. The van der Waals surface area contributed by atoms with Crippen LogP contribution in [0.2, 0.25) is 0 Å². The van der Waals surface area contributed by atoms with E-state index in [4.69, 9.17) is 4.42 Å². The molecule has 7 rings (SSSR count). The first-order chi connectivity index (χ1) is 19.5. The molecule has 0 unspecified atom stereocenters. The van der Waals surface area contributed by atoms with Crippen LogP contribution in [0.25, 0.3) is 33.1 Å². The summed E-state index contributed by atoms with van der Waals surface area (Å²) in [4.78, 5) is 0. The zero-order chi connectivity index (χ0) is 28.7. The molecule has 1 aromatic heterocycles. The lowest BCUT2D eigenvalue weighted by atomic mass is 9.67. The van der Waals surface area contributed by atoms with Gasteiger partial charge in [0.15, 0.2) is 0 Å². The van der Waals surface area contributed by atoms with Gasteiger partial charge in [0.25, 0.3) is 0 Å². The predicted molar refractivity (Wildman–Crippen MR) is 176 cm³/mol. The fraction of sp³-hybridized carbons (Fsp3) is 0.231. The topological polar surface area (TPSA) is 13.1 Å². The van der Waals surface area contributed by atoms with Gasteiger partial charge < -0.3 is 4.42 Å². The molecule has 1 aliphatic rings. The first-order valence-corrected chi connectivity index (χ1v) is 15.3. The van der Waals surface area contributed by atoms with Crippen molar-refractivity contribution in [3.8, 4) is 11.1 Å². The second-order valence-corrected chi connectivity index (χ2v) is 14.4. The Hall–Kier alpha value is -3.62. The number of hydrogen-bond acceptors (Lipinski definition) is 1. The van der Waals surface area contributed by atoms with E-state index in [1.807, 2.05) is 6.07 Å². The number of hydrogen-bond donors (Lipinski definition) is 0. The predicted octanol–water partition coefficient (Wildman–Crippen LogP) is 11.3. The molecule has 5 aromatic carbocycles. The SMILES string of the molecule is CC(C)(C)c1ccc(C2(c3ccc(C(C)(C)C)cc3)c3ccccc3-c3c2cc(Br)c2c3oc3ccccc32)cc1. The average Bonchev–Trinajstić information content (AvgIpc) is 3.47. The van der Waals surface area contributed by atoms with Crippen LogP contribution in [0.3, 0.4) is 0 Å². The summed E-state index contributed by atoms with van der Waals surface area (Å²) >= 11 is 4.01. The van der Waals surface area contributed by atoms with E-state index in [-0.39, 0.29) is 10.8 Å². The smallest absolute Gasteiger partial charge is 0.144 e. The van der Waals surface area contributed by atoms with Crippen LogP contribution in [-0.2, 0) is 16.2 Å². The molecule has 1 nitrogen and oxygen atoms in total. The molecule has 1 heterocycles. The van der Waals surface area contributed by atoms with Crippen LogP contribution in [0.5, 0.6) is 0 Å². The number of furan rings is 1. The maximum absolute atomic E-state index is 6.70. The highest BCUT2D eigenvalue weighted by atomic mass is 79.9. The lowest BCUT2D eigenvalue weighted by molar-refractivity contribution is 0.588. The molecule has 204 valence electrons. The van der Waals surface area contributed by atoms with Gasteiger partial charge in [0.1, 0.15) is 11.2 Å². The molecule has 41 heavy (non-hydrogen) atoms. The van der Waals surface area contributed by atoms with Gasteiger partial charge in [-0.15, -0.1) is 0 Å². The summed E-state index contributed by atoms with van der Waals surface area (Å²) in [6.45, 7) is 13.7. The first-order valence-electron chi connectivity index (χ1n) is 14.5. The molecule has 0 amide bonds. The van der Waals surface area contributed by atoms with Crippen molar-refractivity contribution in [3.05, 3.63) is 141 Å². The van der Waals surface area contributed by atoms with Gasteiger partial charge in [-0.25, -0.2) is 0 Å². The maximum atomic E-state index is 6.70. The summed E-state index contributed by atoms with van der Waals surface area (Å²) < 4.78 is 7.76. The van der Waals surface area contributed by atoms with Gasteiger partial charge >= 0.3 is 0 Å². The molecule has 0 bridgehead atoms. The summed E-state index contributed by atoms with van der Waals surface area (Å²) in [5, 5.41) is 2.27. The summed E-state index contributed by atoms with van der Waals surface area (Å²) in [6.07, 6.45) is 0. The van der Waals surface area contributed by atoms with E-state index in [1.54, 1.807) is 0 Å². The van der Waals surface area contributed by atoms with Gasteiger partial charge in [0, 0.05) is 20.8 Å². The zero-order valence-electron chi connectivity index (χ0n) is 24.6. The van der Waals surface area contributed by atoms with Gasteiger partial charge in [-0.05, 0) is 61.9 Å². The van der Waals surface area contributed by atoms with Crippen molar-refractivity contribution in [2.75, 3.05) is 0 Å². The van der Waals surface area contributed by atoms with Gasteiger partial charge in [-0.3, -0.25) is 0 Å². The van der Waals surface area contributed by atoms with Crippen LogP contribution >= 0.6 is 15.9 Å². The van der Waals surface area contributed by atoms with E-state index in [2.05, 4.69) is 155 Å². The minimum Gasteiger partial charge on any atom is -0.455 e. The van der Waals surface area contributed by atoms with Gasteiger partial charge in [-0.1, -0.05) is 148 Å². The van der Waals surface area contributed by atoms with Gasteiger partial charge in [0.05, 0.1) is 5.41 Å². The van der Waals surface area contributed by atoms with Crippen LogP contribution in [-0.4, -0.2) is 0 Å². The molecule has 0 aliphatic heterocycles. The van der Waals surface area contributed by atoms with Gasteiger partial charge in [0.2, 0.25) is 0 Å². The number of para-hydroxylation sites is 1. The van der Waals surface area contributed by atoms with E-state index in [1.165, 1.54) is 44.5 Å². The third-order valence-electron chi connectivity index (χ3n) is 8.97. The Kier molecular flexibility index (Phi) is 5.73. The number of rotatable bonds is 2. The molecule has 0 N–H and O–H groups in total. The van der Waals surface area contributed by atoms with Crippen molar-refractivity contribution in [2.45, 2.75) is 57.8 Å². The summed E-state index contributed by atoms with van der Waals surface area (Å²) in [6, 6.07) is 38.3. The Morgan fingerprint density at radius 1 is 0.610 bits per heavy atom. The zero-order valence-corrected chi connectivity index (χ0v) is 26.2. The second-order valence-electron chi connectivity index (χ2n) is 13.5. The number of halogens is 1. The highest BCUT2D eigenvalue weighted by Crippen LogP contribution is 2.59. The van der Waals surface area contributed by atoms with E-state index in [0.717, 1.165) is 26.4 Å². The molecule has 0 atom stereocenters. The molecule has 0 saturated heterocycles. The lowest BCUT2D eigenvalue weighted by Crippen LogP contribution is -2.29. The van der Waals surface area contributed by atoms with E-state index >= 15 is 0 Å². The summed E-state index contributed by atoms with van der Waals surface area (Å²) in [5.41, 5.74) is 11.7. The van der Waals surface area contributed by atoms with Crippen molar-refractivity contribution in [2.24, 2.45) is 0 Å². The van der Waals surface area contributed by atoms with E-state index < -0.39 is 5.41 Å². The minimum absolute atomic E-state index is 0.0784. The van der Waals surface area contributed by atoms with Crippen molar-refractivity contribution in [1.29, 1.82) is 0 Å².